The van der Waals surface area contributed by atoms with E-state index in [1.54, 1.807) is 6.07 Å². The number of esters is 5. The van der Waals surface area contributed by atoms with Crippen LogP contribution in [0, 0.1) is 0 Å². The van der Waals surface area contributed by atoms with Crippen LogP contribution >= 0.6 is 0 Å². The van der Waals surface area contributed by atoms with Gasteiger partial charge in [0.2, 0.25) is 12.4 Å². The van der Waals surface area contributed by atoms with Gasteiger partial charge in [-0.1, -0.05) is 0 Å². The van der Waals surface area contributed by atoms with Gasteiger partial charge >= 0.3 is 29.8 Å². The van der Waals surface area contributed by atoms with Gasteiger partial charge in [0.05, 0.1) is 18.1 Å². The van der Waals surface area contributed by atoms with Crippen molar-refractivity contribution < 1.29 is 66.3 Å². The van der Waals surface area contributed by atoms with E-state index in [0.29, 0.717) is 30.3 Å². The van der Waals surface area contributed by atoms with Crippen molar-refractivity contribution in [3.8, 4) is 5.75 Å². The summed E-state index contributed by atoms with van der Waals surface area (Å²) in [6.07, 6.45) is -5.38. The maximum atomic E-state index is 12.1. The van der Waals surface area contributed by atoms with E-state index in [1.807, 2.05) is 0 Å². The number of hydrogen-bond donors (Lipinski definition) is 0. The Labute approximate surface area is 240 Å². The zero-order valence-electron chi connectivity index (χ0n) is 23.7. The van der Waals surface area contributed by atoms with Crippen LogP contribution in [0.2, 0.25) is 0 Å². The van der Waals surface area contributed by atoms with Crippen molar-refractivity contribution in [2.45, 2.75) is 77.7 Å². The highest BCUT2D eigenvalue weighted by Crippen LogP contribution is 2.36. The lowest BCUT2D eigenvalue weighted by molar-refractivity contribution is -0.288. The van der Waals surface area contributed by atoms with Gasteiger partial charge in [-0.15, -0.1) is 0 Å². The Morgan fingerprint density at radius 1 is 0.881 bits per heavy atom. The van der Waals surface area contributed by atoms with E-state index >= 15 is 0 Å². The molecule has 3 rings (SSSR count). The number of furan rings is 1. The van der Waals surface area contributed by atoms with E-state index in [1.165, 1.54) is 19.2 Å². The molecule has 14 nitrogen and oxygen atoms in total. The molecule has 14 heteroatoms. The third kappa shape index (κ3) is 8.28. The Morgan fingerprint density at radius 3 is 2.12 bits per heavy atom. The molecule has 0 bridgehead atoms. The lowest BCUT2D eigenvalue weighted by Gasteiger charge is -2.43. The molecule has 1 aromatic carbocycles. The summed E-state index contributed by atoms with van der Waals surface area (Å²) in [6, 6.07) is 4.53. The van der Waals surface area contributed by atoms with E-state index in [9.17, 15) is 28.8 Å². The average molecular weight is 593 g/mol. The number of carbonyl (C=O) groups is 6. The van der Waals surface area contributed by atoms with Crippen molar-refractivity contribution in [1.29, 1.82) is 0 Å². The van der Waals surface area contributed by atoms with Crippen LogP contribution in [-0.4, -0.2) is 80.6 Å². The second-order valence-electron chi connectivity index (χ2n) is 9.34. The van der Waals surface area contributed by atoms with Crippen LogP contribution < -0.4 is 4.74 Å². The van der Waals surface area contributed by atoms with Gasteiger partial charge in [0, 0.05) is 40.5 Å². The van der Waals surface area contributed by atoms with Crippen LogP contribution in [0.15, 0.2) is 22.6 Å². The normalized spacial score (nSPS) is 21.6. The quantitative estimate of drug-likeness (QED) is 0.199. The number of aldehydes is 1. The summed E-state index contributed by atoms with van der Waals surface area (Å²) in [6.45, 7) is 4.08. The van der Waals surface area contributed by atoms with Crippen LogP contribution in [0.4, 0.5) is 0 Å². The molecule has 0 amide bonds. The third-order valence-corrected chi connectivity index (χ3v) is 6.08. The standard InChI is InChI=1S/C28H32O14/c1-14(30)36-13-22-25(37-15(2)31)26(38-16(3)32)27(39-17(4)33)28(42-22)41-21-10-9-18(12-29)24-20(21)11-19(40-24)7-6-8-23(34)35-5/h9-12,22,25-28H,6-8,13H2,1-5H3/t22-,25+,26+,27-,28-/m1/s1. The molecule has 1 aliphatic heterocycles. The molecule has 1 fully saturated rings. The van der Waals surface area contributed by atoms with Crippen molar-refractivity contribution in [2.24, 2.45) is 0 Å². The molecule has 228 valence electrons. The fourth-order valence-corrected chi connectivity index (χ4v) is 4.41. The summed E-state index contributed by atoms with van der Waals surface area (Å²) in [5.74, 6) is -2.79. The molecule has 0 spiro atoms. The Kier molecular flexibility index (Phi) is 11.0. The SMILES string of the molecule is COC(=O)CCCc1cc2c(O[C@@H]3O[C@H](COC(C)=O)[C@H](OC(C)=O)[C@H](OC(C)=O)[C@H]3OC(C)=O)ccc(C=O)c2o1. The Balaban J connectivity index is 2.03. The molecular formula is C28H32O14. The van der Waals surface area contributed by atoms with Gasteiger partial charge in [0.15, 0.2) is 18.5 Å². The number of fused-ring (bicyclic) bond motifs is 1. The first kappa shape index (κ1) is 32.1. The van der Waals surface area contributed by atoms with Crippen LogP contribution in [-0.2, 0) is 58.8 Å². The molecule has 0 aliphatic carbocycles. The van der Waals surface area contributed by atoms with Gasteiger partial charge in [-0.25, -0.2) is 0 Å². The molecule has 5 atom stereocenters. The van der Waals surface area contributed by atoms with Crippen LogP contribution in [0.25, 0.3) is 11.0 Å². The smallest absolute Gasteiger partial charge is 0.305 e. The summed E-state index contributed by atoms with van der Waals surface area (Å²) in [5, 5.41) is 0.362. The first-order chi connectivity index (χ1) is 19.9. The number of methoxy groups -OCH3 is 1. The molecule has 0 unspecified atom stereocenters. The average Bonchev–Trinajstić information content (AvgIpc) is 3.34. The second-order valence-corrected chi connectivity index (χ2v) is 9.34. The van der Waals surface area contributed by atoms with Crippen LogP contribution in [0.3, 0.4) is 0 Å². The Morgan fingerprint density at radius 2 is 1.52 bits per heavy atom. The highest BCUT2D eigenvalue weighted by atomic mass is 16.7. The monoisotopic (exact) mass is 592 g/mol. The van der Waals surface area contributed by atoms with Gasteiger partial charge in [0.1, 0.15) is 29.8 Å². The zero-order valence-corrected chi connectivity index (χ0v) is 23.7. The van der Waals surface area contributed by atoms with E-state index in [2.05, 4.69) is 4.74 Å². The van der Waals surface area contributed by atoms with Gasteiger partial charge in [-0.2, -0.15) is 0 Å². The molecule has 0 saturated carbocycles. The van der Waals surface area contributed by atoms with Crippen molar-refractivity contribution in [3.63, 3.8) is 0 Å². The predicted molar refractivity (Wildman–Crippen MR) is 139 cm³/mol. The summed E-state index contributed by atoms with van der Waals surface area (Å²) in [7, 11) is 1.29. The number of carbonyl (C=O) groups excluding carboxylic acids is 6. The summed E-state index contributed by atoms with van der Waals surface area (Å²) >= 11 is 0. The lowest BCUT2D eigenvalue weighted by atomic mass is 9.98. The van der Waals surface area contributed by atoms with Gasteiger partial charge in [-0.3, -0.25) is 28.8 Å². The van der Waals surface area contributed by atoms with Crippen molar-refractivity contribution in [2.75, 3.05) is 13.7 Å². The molecule has 0 N–H and O–H groups in total. The molecular weight excluding hydrogens is 560 g/mol. The van der Waals surface area contributed by atoms with Crippen molar-refractivity contribution >= 4 is 47.1 Å². The molecule has 1 aromatic heterocycles. The Bertz CT molecular complexity index is 1330. The number of benzene rings is 1. The fourth-order valence-electron chi connectivity index (χ4n) is 4.41. The highest BCUT2D eigenvalue weighted by Gasteiger charge is 2.53. The molecule has 1 saturated heterocycles. The van der Waals surface area contributed by atoms with E-state index in [0.717, 1.165) is 27.7 Å². The minimum atomic E-state index is -1.48. The maximum Gasteiger partial charge on any atom is 0.305 e. The van der Waals surface area contributed by atoms with E-state index < -0.39 is 61.2 Å². The predicted octanol–water partition coefficient (Wildman–Crippen LogP) is 2.20. The van der Waals surface area contributed by atoms with E-state index in [-0.39, 0.29) is 29.3 Å². The largest absolute Gasteiger partial charge is 0.469 e. The number of rotatable bonds is 12. The van der Waals surface area contributed by atoms with Gasteiger partial charge in [-0.05, 0) is 24.6 Å². The Hall–Kier alpha value is -4.46. The van der Waals surface area contributed by atoms with Crippen LogP contribution in [0.5, 0.6) is 5.75 Å². The lowest BCUT2D eigenvalue weighted by Crippen LogP contribution is -2.63. The number of hydrogen-bond acceptors (Lipinski definition) is 14. The third-order valence-electron chi connectivity index (χ3n) is 6.08. The number of aryl methyl sites for hydroxylation is 1. The summed E-state index contributed by atoms with van der Waals surface area (Å²) in [4.78, 5) is 70.9. The maximum absolute atomic E-state index is 12.1. The molecule has 2 aromatic rings. The highest BCUT2D eigenvalue weighted by molar-refractivity contribution is 5.98. The first-order valence-electron chi connectivity index (χ1n) is 13.0. The molecule has 42 heavy (non-hydrogen) atoms. The van der Waals surface area contributed by atoms with Gasteiger partial charge < -0.3 is 37.6 Å². The molecule has 2 heterocycles. The minimum Gasteiger partial charge on any atom is -0.469 e. The summed E-state index contributed by atoms with van der Waals surface area (Å²) < 4.78 is 44.0. The fraction of sp³-hybridized carbons (Fsp3) is 0.500. The topological polar surface area (TPSA) is 180 Å². The van der Waals surface area contributed by atoms with Crippen LogP contribution in [0.1, 0.15) is 56.7 Å². The molecule has 0 radical (unpaired) electrons. The first-order valence-corrected chi connectivity index (χ1v) is 13.0. The minimum absolute atomic E-state index is 0.138. The molecule has 1 aliphatic rings. The zero-order chi connectivity index (χ0) is 31.0. The summed E-state index contributed by atoms with van der Waals surface area (Å²) in [5.41, 5.74) is 0.416. The van der Waals surface area contributed by atoms with Crippen molar-refractivity contribution in [1.82, 2.24) is 0 Å². The second kappa shape index (κ2) is 14.4. The van der Waals surface area contributed by atoms with E-state index in [4.69, 9.17) is 32.8 Å². The van der Waals surface area contributed by atoms with Gasteiger partial charge in [0.25, 0.3) is 0 Å². The number of ether oxygens (including phenoxy) is 7. The van der Waals surface area contributed by atoms with Crippen molar-refractivity contribution in [3.05, 3.63) is 29.5 Å².